The monoisotopic (exact) mass is 192 g/mol. The molecule has 4 aliphatic carbocycles. The molecule has 0 aromatic heterocycles. The highest BCUT2D eigenvalue weighted by atomic mass is 16.3. The van der Waals surface area contributed by atoms with Gasteiger partial charge in [0.15, 0.2) is 5.78 Å². The van der Waals surface area contributed by atoms with Crippen LogP contribution in [0.15, 0.2) is 12.2 Å². The summed E-state index contributed by atoms with van der Waals surface area (Å²) in [5.41, 5.74) is 0.263. The van der Waals surface area contributed by atoms with Crippen molar-refractivity contribution < 1.29 is 9.90 Å². The Morgan fingerprint density at radius 3 is 2.57 bits per heavy atom. The molecule has 2 nitrogen and oxygen atoms in total. The minimum atomic E-state index is -0.536. The van der Waals surface area contributed by atoms with Gasteiger partial charge < -0.3 is 5.11 Å². The van der Waals surface area contributed by atoms with Crippen molar-refractivity contribution in [1.29, 1.82) is 0 Å². The van der Waals surface area contributed by atoms with E-state index in [1.807, 2.05) is 0 Å². The van der Waals surface area contributed by atoms with Crippen LogP contribution in [-0.4, -0.2) is 16.5 Å². The molecule has 4 fully saturated rings. The molecule has 0 radical (unpaired) electrons. The van der Waals surface area contributed by atoms with Gasteiger partial charge in [-0.05, 0) is 49.5 Å². The van der Waals surface area contributed by atoms with Gasteiger partial charge in [0, 0.05) is 5.92 Å². The summed E-state index contributed by atoms with van der Waals surface area (Å²) in [6.07, 6.45) is 4.48. The molecular formula is C12H16O2. The fourth-order valence-electron chi connectivity index (χ4n) is 3.87. The molecule has 0 spiro atoms. The average Bonchev–Trinajstić information content (AvgIpc) is 2.21. The number of Topliss-reactive ketones (excluding diaryl/α,β-unsaturated/α-hetero) is 1. The number of aliphatic hydroxyl groups is 1. The van der Waals surface area contributed by atoms with Crippen LogP contribution in [0.3, 0.4) is 0 Å². The van der Waals surface area contributed by atoms with Gasteiger partial charge in [0.1, 0.15) is 0 Å². The van der Waals surface area contributed by atoms with Crippen LogP contribution in [0.25, 0.3) is 0 Å². The summed E-state index contributed by atoms with van der Waals surface area (Å²) in [6.45, 7) is 3.92. The van der Waals surface area contributed by atoms with Crippen LogP contribution < -0.4 is 0 Å². The largest absolute Gasteiger partial charge is 0.390 e. The fraction of sp³-hybridized carbons (Fsp3) is 0.750. The first-order valence-corrected chi connectivity index (χ1v) is 5.53. The number of rotatable bonds is 0. The molecule has 0 aromatic carbocycles. The third kappa shape index (κ3) is 1.04. The van der Waals surface area contributed by atoms with E-state index in [1.54, 1.807) is 0 Å². The standard InChI is InChI=1S/C12H16O2/c1-7-9-2-8-3-10(11(7)13)6-12(14,4-8)5-9/h8-10,14H,1-6H2. The van der Waals surface area contributed by atoms with E-state index in [0.717, 1.165) is 31.3 Å². The van der Waals surface area contributed by atoms with Crippen molar-refractivity contribution in [3.05, 3.63) is 12.2 Å². The number of hydrogen-bond acceptors (Lipinski definition) is 2. The molecule has 0 saturated heterocycles. The maximum Gasteiger partial charge on any atom is 0.161 e. The van der Waals surface area contributed by atoms with E-state index in [2.05, 4.69) is 6.58 Å². The lowest BCUT2D eigenvalue weighted by molar-refractivity contribution is -0.124. The summed E-state index contributed by atoms with van der Waals surface area (Å²) in [5, 5.41) is 10.3. The highest BCUT2D eigenvalue weighted by molar-refractivity contribution is 5.97. The number of allylic oxidation sites excluding steroid dienone is 1. The van der Waals surface area contributed by atoms with Crippen LogP contribution in [0.4, 0.5) is 0 Å². The normalized spacial score (nSPS) is 51.1. The van der Waals surface area contributed by atoms with Gasteiger partial charge in [0.2, 0.25) is 0 Å². The lowest BCUT2D eigenvalue weighted by Gasteiger charge is -2.44. The Balaban J connectivity index is 2.07. The fourth-order valence-corrected chi connectivity index (χ4v) is 3.87. The lowest BCUT2D eigenvalue weighted by atomic mass is 9.65. The molecule has 4 rings (SSSR count). The molecule has 4 bridgehead atoms. The first-order chi connectivity index (χ1) is 6.57. The molecule has 4 unspecified atom stereocenters. The predicted octanol–water partition coefficient (Wildman–Crippen LogP) is 1.68. The van der Waals surface area contributed by atoms with Crippen LogP contribution in [0.5, 0.6) is 0 Å². The molecule has 76 valence electrons. The van der Waals surface area contributed by atoms with Crippen molar-refractivity contribution in [2.45, 2.75) is 37.7 Å². The maximum absolute atomic E-state index is 11.9. The summed E-state index contributed by atoms with van der Waals surface area (Å²) in [7, 11) is 0. The van der Waals surface area contributed by atoms with Gasteiger partial charge in [-0.25, -0.2) is 0 Å². The smallest absolute Gasteiger partial charge is 0.161 e. The Hall–Kier alpha value is -0.630. The van der Waals surface area contributed by atoms with Crippen LogP contribution in [0.2, 0.25) is 0 Å². The minimum Gasteiger partial charge on any atom is -0.390 e. The van der Waals surface area contributed by atoms with E-state index >= 15 is 0 Å². The lowest BCUT2D eigenvalue weighted by Crippen LogP contribution is -2.43. The van der Waals surface area contributed by atoms with Gasteiger partial charge in [0.25, 0.3) is 0 Å². The zero-order valence-electron chi connectivity index (χ0n) is 8.33. The Labute approximate surface area is 84.0 Å². The second kappa shape index (κ2) is 2.48. The van der Waals surface area contributed by atoms with E-state index in [9.17, 15) is 9.90 Å². The number of carbonyl (C=O) groups excluding carboxylic acids is 1. The Kier molecular flexibility index (Phi) is 1.54. The van der Waals surface area contributed by atoms with Crippen molar-refractivity contribution in [2.24, 2.45) is 17.8 Å². The summed E-state index contributed by atoms with van der Waals surface area (Å²) in [6, 6.07) is 0. The molecule has 0 aliphatic heterocycles. The second-order valence-electron chi connectivity index (χ2n) is 5.46. The summed E-state index contributed by atoms with van der Waals surface area (Å²) >= 11 is 0. The topological polar surface area (TPSA) is 37.3 Å². The molecule has 1 N–H and O–H groups in total. The quantitative estimate of drug-likeness (QED) is 0.593. The Morgan fingerprint density at radius 1 is 1.21 bits per heavy atom. The van der Waals surface area contributed by atoms with Gasteiger partial charge in [-0.1, -0.05) is 6.58 Å². The van der Waals surface area contributed by atoms with E-state index < -0.39 is 5.60 Å². The van der Waals surface area contributed by atoms with Crippen molar-refractivity contribution >= 4 is 5.78 Å². The van der Waals surface area contributed by atoms with Crippen LogP contribution >= 0.6 is 0 Å². The third-order valence-corrected chi connectivity index (χ3v) is 4.34. The molecule has 4 atom stereocenters. The first kappa shape index (κ1) is 8.66. The van der Waals surface area contributed by atoms with E-state index in [1.165, 1.54) is 0 Å². The number of fused-ring (bicyclic) bond motifs is 1. The summed E-state index contributed by atoms with van der Waals surface area (Å²) < 4.78 is 0. The van der Waals surface area contributed by atoms with E-state index in [0.29, 0.717) is 12.3 Å². The summed E-state index contributed by atoms with van der Waals surface area (Å²) in [4.78, 5) is 11.9. The van der Waals surface area contributed by atoms with E-state index in [4.69, 9.17) is 0 Å². The molecule has 0 amide bonds. The van der Waals surface area contributed by atoms with Gasteiger partial charge in [-0.2, -0.15) is 0 Å². The molecular weight excluding hydrogens is 176 g/mol. The van der Waals surface area contributed by atoms with Crippen molar-refractivity contribution in [3.8, 4) is 0 Å². The van der Waals surface area contributed by atoms with Crippen molar-refractivity contribution in [3.63, 3.8) is 0 Å². The van der Waals surface area contributed by atoms with Gasteiger partial charge in [0.05, 0.1) is 5.60 Å². The van der Waals surface area contributed by atoms with Gasteiger partial charge >= 0.3 is 0 Å². The van der Waals surface area contributed by atoms with Crippen LogP contribution in [-0.2, 0) is 4.79 Å². The first-order valence-electron chi connectivity index (χ1n) is 5.53. The number of ketones is 1. The summed E-state index contributed by atoms with van der Waals surface area (Å²) in [5.74, 6) is 1.17. The van der Waals surface area contributed by atoms with Crippen molar-refractivity contribution in [2.75, 3.05) is 0 Å². The highest BCUT2D eigenvalue weighted by Gasteiger charge is 2.51. The number of carbonyl (C=O) groups is 1. The molecule has 0 heterocycles. The minimum absolute atomic E-state index is 0.0822. The molecule has 4 aliphatic rings. The van der Waals surface area contributed by atoms with E-state index in [-0.39, 0.29) is 17.6 Å². The zero-order chi connectivity index (χ0) is 9.92. The van der Waals surface area contributed by atoms with Gasteiger partial charge in [-0.15, -0.1) is 0 Å². The maximum atomic E-state index is 11.9. The molecule has 0 aromatic rings. The SMILES string of the molecule is C=C1C(=O)C2CC3CC1CC(O)(C3)C2. The third-order valence-electron chi connectivity index (χ3n) is 4.34. The predicted molar refractivity (Wildman–Crippen MR) is 52.7 cm³/mol. The Bertz CT molecular complexity index is 292. The molecule has 4 saturated carbocycles. The van der Waals surface area contributed by atoms with Crippen LogP contribution in [0.1, 0.15) is 32.1 Å². The average molecular weight is 192 g/mol. The highest BCUT2D eigenvalue weighted by Crippen LogP contribution is 2.53. The zero-order valence-corrected chi connectivity index (χ0v) is 8.33. The second-order valence-corrected chi connectivity index (χ2v) is 5.46. The van der Waals surface area contributed by atoms with Crippen LogP contribution in [0, 0.1) is 17.8 Å². The van der Waals surface area contributed by atoms with Gasteiger partial charge in [-0.3, -0.25) is 4.79 Å². The molecule has 2 heteroatoms. The Morgan fingerprint density at radius 2 is 1.86 bits per heavy atom. The number of hydrogen-bond donors (Lipinski definition) is 1. The van der Waals surface area contributed by atoms with Crippen molar-refractivity contribution in [1.82, 2.24) is 0 Å². The molecule has 14 heavy (non-hydrogen) atoms.